The van der Waals surface area contributed by atoms with Crippen LogP contribution in [0.4, 0.5) is 0 Å². The minimum absolute atomic E-state index is 0.0111. The van der Waals surface area contributed by atoms with Gasteiger partial charge in [-0.25, -0.2) is 0 Å². The fourth-order valence-electron chi connectivity index (χ4n) is 3.03. The molecule has 0 spiro atoms. The molecule has 6 nitrogen and oxygen atoms in total. The van der Waals surface area contributed by atoms with Crippen LogP contribution in [0.2, 0.25) is 0 Å². The van der Waals surface area contributed by atoms with Crippen LogP contribution in [0.5, 0.6) is 17.2 Å². The zero-order valence-electron chi connectivity index (χ0n) is 18.3. The molecule has 2 aromatic carbocycles. The van der Waals surface area contributed by atoms with Crippen LogP contribution >= 0.6 is 0 Å². The fourth-order valence-corrected chi connectivity index (χ4v) is 3.03. The number of ether oxygens (including phenoxy) is 3. The summed E-state index contributed by atoms with van der Waals surface area (Å²) < 4.78 is 15.6. The highest BCUT2D eigenvalue weighted by molar-refractivity contribution is 6.13. The van der Waals surface area contributed by atoms with E-state index in [9.17, 15) is 14.7 Å². The van der Waals surface area contributed by atoms with E-state index in [0.717, 1.165) is 0 Å². The Hall–Kier alpha value is -3.82. The number of aliphatic hydroxyl groups is 1. The molecule has 2 aromatic rings. The average molecular weight is 434 g/mol. The molecule has 0 aromatic heterocycles. The van der Waals surface area contributed by atoms with Crippen molar-refractivity contribution in [3.63, 3.8) is 0 Å². The van der Waals surface area contributed by atoms with Gasteiger partial charge in [0.25, 0.3) is 0 Å². The van der Waals surface area contributed by atoms with Crippen LogP contribution in [0.25, 0.3) is 12.2 Å². The number of methoxy groups -OCH3 is 3. The third-order valence-electron chi connectivity index (χ3n) is 4.77. The lowest BCUT2D eigenvalue weighted by Gasteiger charge is -2.09. The van der Waals surface area contributed by atoms with Gasteiger partial charge in [0.15, 0.2) is 23.1 Å². The van der Waals surface area contributed by atoms with Crippen LogP contribution in [0, 0.1) is 18.3 Å². The third kappa shape index (κ3) is 6.34. The number of allylic oxidation sites excluding steroid dienone is 2. The Balaban J connectivity index is 2.17. The molecule has 0 aliphatic carbocycles. The third-order valence-corrected chi connectivity index (χ3v) is 4.77. The predicted molar refractivity (Wildman–Crippen MR) is 123 cm³/mol. The maximum absolute atomic E-state index is 12.7. The average Bonchev–Trinajstić information content (AvgIpc) is 2.83. The van der Waals surface area contributed by atoms with E-state index in [4.69, 9.17) is 20.6 Å². The molecule has 0 bridgehead atoms. The van der Waals surface area contributed by atoms with E-state index in [1.807, 2.05) is 0 Å². The lowest BCUT2D eigenvalue weighted by atomic mass is 9.94. The lowest BCUT2D eigenvalue weighted by Crippen LogP contribution is -2.20. The first kappa shape index (κ1) is 24.4. The molecular weight excluding hydrogens is 408 g/mol. The van der Waals surface area contributed by atoms with Gasteiger partial charge in [0.2, 0.25) is 0 Å². The molecule has 1 atom stereocenters. The van der Waals surface area contributed by atoms with E-state index in [2.05, 4.69) is 5.92 Å². The molecule has 32 heavy (non-hydrogen) atoms. The molecule has 166 valence electrons. The van der Waals surface area contributed by atoms with Gasteiger partial charge in [-0.2, -0.15) is 0 Å². The standard InChI is InChI=1S/C26H26O6/c1-5-6-21(22(28)11-7-18-9-13-24(30-2)20(15-18)17-27)23(29)12-8-19-10-14-25(31-3)26(16-19)32-4/h1,7-16,21,27H,6,17H2,2-4H3/b11-7+,12-8+. The Labute approximate surface area is 188 Å². The zero-order chi connectivity index (χ0) is 23.5. The number of hydrogen-bond acceptors (Lipinski definition) is 6. The zero-order valence-corrected chi connectivity index (χ0v) is 18.3. The Morgan fingerprint density at radius 3 is 1.94 bits per heavy atom. The van der Waals surface area contributed by atoms with Crippen molar-refractivity contribution in [3.05, 3.63) is 65.2 Å². The summed E-state index contributed by atoms with van der Waals surface area (Å²) in [6.07, 6.45) is 11.2. The van der Waals surface area contributed by atoms with Gasteiger partial charge in [-0.3, -0.25) is 9.59 Å². The summed E-state index contributed by atoms with van der Waals surface area (Å²) in [4.78, 5) is 25.4. The van der Waals surface area contributed by atoms with Gasteiger partial charge in [0, 0.05) is 12.0 Å². The van der Waals surface area contributed by atoms with Crippen LogP contribution < -0.4 is 14.2 Å². The molecule has 6 heteroatoms. The van der Waals surface area contributed by atoms with Gasteiger partial charge in [0.1, 0.15) is 5.75 Å². The SMILES string of the molecule is C#CCC(C(=O)/C=C/c1ccc(OC)c(CO)c1)C(=O)/C=C/c1ccc(OC)c(OC)c1. The van der Waals surface area contributed by atoms with Gasteiger partial charge < -0.3 is 19.3 Å². The largest absolute Gasteiger partial charge is 0.496 e. The highest BCUT2D eigenvalue weighted by Gasteiger charge is 2.21. The van der Waals surface area contributed by atoms with E-state index in [0.29, 0.717) is 33.9 Å². The number of ketones is 2. The van der Waals surface area contributed by atoms with Gasteiger partial charge >= 0.3 is 0 Å². The highest BCUT2D eigenvalue weighted by Crippen LogP contribution is 2.28. The topological polar surface area (TPSA) is 82.1 Å². The Morgan fingerprint density at radius 2 is 1.44 bits per heavy atom. The highest BCUT2D eigenvalue weighted by atomic mass is 16.5. The molecule has 0 amide bonds. The molecule has 0 radical (unpaired) electrons. The van der Waals surface area contributed by atoms with Crippen molar-refractivity contribution in [2.45, 2.75) is 13.0 Å². The second-order valence-electron chi connectivity index (χ2n) is 6.78. The van der Waals surface area contributed by atoms with Crippen LogP contribution in [-0.4, -0.2) is 38.0 Å². The molecular formula is C26H26O6. The Morgan fingerprint density at radius 1 is 0.906 bits per heavy atom. The van der Waals surface area contributed by atoms with E-state index in [1.54, 1.807) is 48.6 Å². The smallest absolute Gasteiger partial charge is 0.167 e. The molecule has 1 unspecified atom stereocenters. The monoisotopic (exact) mass is 434 g/mol. The second kappa shape index (κ2) is 12.1. The summed E-state index contributed by atoms with van der Waals surface area (Å²) in [5, 5.41) is 9.44. The quantitative estimate of drug-likeness (QED) is 0.330. The Bertz CT molecular complexity index is 981. The number of hydrogen-bond donors (Lipinski definition) is 1. The van der Waals surface area contributed by atoms with Gasteiger partial charge in [0.05, 0.1) is 33.9 Å². The number of benzene rings is 2. The molecule has 2 rings (SSSR count). The van der Waals surface area contributed by atoms with Crippen molar-refractivity contribution in [2.24, 2.45) is 5.92 Å². The van der Waals surface area contributed by atoms with E-state index >= 15 is 0 Å². The van der Waals surface area contributed by atoms with Crippen molar-refractivity contribution < 1.29 is 28.9 Å². The van der Waals surface area contributed by atoms with Crippen molar-refractivity contribution in [1.29, 1.82) is 0 Å². The van der Waals surface area contributed by atoms with Gasteiger partial charge in [-0.05, 0) is 47.5 Å². The van der Waals surface area contributed by atoms with Crippen molar-refractivity contribution in [2.75, 3.05) is 21.3 Å². The van der Waals surface area contributed by atoms with E-state index < -0.39 is 17.5 Å². The molecule has 0 aliphatic heterocycles. The summed E-state index contributed by atoms with van der Waals surface area (Å²) >= 11 is 0. The molecule has 0 saturated heterocycles. The summed E-state index contributed by atoms with van der Waals surface area (Å²) in [7, 11) is 4.58. The van der Waals surface area contributed by atoms with Crippen molar-refractivity contribution in [1.82, 2.24) is 0 Å². The van der Waals surface area contributed by atoms with E-state index in [-0.39, 0.29) is 13.0 Å². The molecule has 0 heterocycles. The van der Waals surface area contributed by atoms with Crippen molar-refractivity contribution >= 4 is 23.7 Å². The summed E-state index contributed by atoms with van der Waals surface area (Å²) in [6.45, 7) is -0.196. The molecule has 1 N–H and O–H groups in total. The van der Waals surface area contributed by atoms with Gasteiger partial charge in [-0.15, -0.1) is 12.3 Å². The summed E-state index contributed by atoms with van der Waals surface area (Å²) in [5.74, 6) is 2.28. The number of aliphatic hydroxyl groups excluding tert-OH is 1. The number of carbonyl (C=O) groups excluding carboxylic acids is 2. The number of carbonyl (C=O) groups is 2. The second-order valence-corrected chi connectivity index (χ2v) is 6.78. The fraction of sp³-hybridized carbons (Fsp3) is 0.231. The van der Waals surface area contributed by atoms with Gasteiger partial charge in [-0.1, -0.05) is 24.3 Å². The lowest BCUT2D eigenvalue weighted by molar-refractivity contribution is -0.127. The Kier molecular flexibility index (Phi) is 9.27. The minimum atomic E-state index is -0.983. The van der Waals surface area contributed by atoms with Crippen LogP contribution in [0.1, 0.15) is 23.1 Å². The molecule has 0 saturated carbocycles. The predicted octanol–water partition coefficient (Wildman–Crippen LogP) is 3.71. The van der Waals surface area contributed by atoms with Crippen LogP contribution in [0.15, 0.2) is 48.6 Å². The number of rotatable bonds is 11. The number of terminal acetylenes is 1. The first-order valence-corrected chi connectivity index (χ1v) is 9.84. The maximum Gasteiger partial charge on any atom is 0.167 e. The van der Waals surface area contributed by atoms with E-state index in [1.165, 1.54) is 33.5 Å². The summed E-state index contributed by atoms with van der Waals surface area (Å²) in [5.41, 5.74) is 2.00. The van der Waals surface area contributed by atoms with Crippen LogP contribution in [0.3, 0.4) is 0 Å². The van der Waals surface area contributed by atoms with Crippen molar-refractivity contribution in [3.8, 4) is 29.6 Å². The first-order chi connectivity index (χ1) is 15.5. The normalized spacial score (nSPS) is 11.8. The van der Waals surface area contributed by atoms with Crippen LogP contribution in [-0.2, 0) is 16.2 Å². The molecule has 0 aliphatic rings. The summed E-state index contributed by atoms with van der Waals surface area (Å²) in [6, 6.07) is 10.4. The first-order valence-electron chi connectivity index (χ1n) is 9.84. The maximum atomic E-state index is 12.7. The molecule has 0 fully saturated rings. The minimum Gasteiger partial charge on any atom is -0.496 e.